The number of nitrogens with one attached hydrogen (secondary N) is 3. The van der Waals surface area contributed by atoms with Crippen molar-refractivity contribution in [1.82, 2.24) is 55.3 Å². The van der Waals surface area contributed by atoms with Gasteiger partial charge in [0.25, 0.3) is 11.7 Å². The van der Waals surface area contributed by atoms with Crippen LogP contribution in [0.1, 0.15) is 189 Å². The molecular formula is C94H141N13O22. The molecule has 3 fully saturated rings. The van der Waals surface area contributed by atoms with Gasteiger partial charge >= 0.3 is 5.97 Å². The van der Waals surface area contributed by atoms with Gasteiger partial charge in [0.05, 0.1) is 120 Å². The van der Waals surface area contributed by atoms with Gasteiger partial charge in [-0.15, -0.1) is 5.10 Å². The van der Waals surface area contributed by atoms with Gasteiger partial charge in [-0.2, -0.15) is 5.10 Å². The molecule has 9 rings (SSSR count). The van der Waals surface area contributed by atoms with E-state index in [0.29, 0.717) is 216 Å². The van der Waals surface area contributed by atoms with Crippen molar-refractivity contribution in [2.24, 2.45) is 40.7 Å². The molecule has 4 aliphatic rings. The zero-order valence-electron chi connectivity index (χ0n) is 77.4. The number of unbranched alkanes of at least 4 members (excludes halogenated alkanes) is 1. The van der Waals surface area contributed by atoms with Crippen LogP contribution in [0.3, 0.4) is 0 Å². The monoisotopic (exact) mass is 1800 g/mol. The van der Waals surface area contributed by atoms with Crippen molar-refractivity contribution >= 4 is 74.5 Å². The van der Waals surface area contributed by atoms with Crippen LogP contribution in [0.4, 0.5) is 5.82 Å². The number of benzene rings is 1. The number of methoxy groups -OCH3 is 3. The molecule has 3 aliphatic heterocycles. The maximum absolute atomic E-state index is 15.0. The molecule has 2 bridgehead atoms. The average molecular weight is 1810 g/mol. The van der Waals surface area contributed by atoms with Gasteiger partial charge in [0.15, 0.2) is 11.4 Å². The minimum absolute atomic E-state index is 0.00152. The van der Waals surface area contributed by atoms with E-state index in [1.807, 2.05) is 81.9 Å². The number of nitrogen functional groups attached to an aromatic ring is 1. The number of phenolic OH excluding ortho intramolecular Hbond substituents is 1. The number of Topliss-reactive ketones (excluding diaryl/α,β-unsaturated/α-hetero) is 3. The largest absolute Gasteiger partial charge is 0.508 e. The highest BCUT2D eigenvalue weighted by molar-refractivity contribution is 6.39. The third-order valence-corrected chi connectivity index (χ3v) is 24.8. The lowest BCUT2D eigenvalue weighted by Gasteiger charge is -2.42. The van der Waals surface area contributed by atoms with Crippen LogP contribution in [-0.2, 0) is 103 Å². The number of esters is 1. The summed E-state index contributed by atoms with van der Waals surface area (Å²) in [7, 11) is 6.09. The number of anilines is 1. The second kappa shape index (κ2) is 54.0. The van der Waals surface area contributed by atoms with Crippen molar-refractivity contribution < 1.29 is 106 Å². The predicted octanol–water partition coefficient (Wildman–Crippen LogP) is 9.93. The van der Waals surface area contributed by atoms with Crippen molar-refractivity contribution in [2.75, 3.05) is 133 Å². The van der Waals surface area contributed by atoms with Crippen LogP contribution in [0.15, 0.2) is 89.5 Å². The Morgan fingerprint density at radius 3 is 2.19 bits per heavy atom. The van der Waals surface area contributed by atoms with E-state index < -0.39 is 77.8 Å². The predicted molar refractivity (Wildman–Crippen MR) is 483 cm³/mol. The number of hydrogen-bond acceptors (Lipinski definition) is 29. The number of aromatic nitrogens is 8. The van der Waals surface area contributed by atoms with E-state index >= 15 is 4.79 Å². The van der Waals surface area contributed by atoms with Crippen LogP contribution in [0.5, 0.6) is 5.75 Å². The van der Waals surface area contributed by atoms with Gasteiger partial charge in [0.1, 0.15) is 60.8 Å². The van der Waals surface area contributed by atoms with Gasteiger partial charge in [0, 0.05) is 127 Å². The summed E-state index contributed by atoms with van der Waals surface area (Å²) in [5.74, 6) is -7.15. The van der Waals surface area contributed by atoms with Crippen LogP contribution < -0.4 is 16.4 Å². The van der Waals surface area contributed by atoms with Crippen molar-refractivity contribution in [3.05, 3.63) is 90.1 Å². The number of nitrogens with zero attached hydrogens (tertiary/aromatic N) is 9. The molecule has 1 aromatic carbocycles. The Balaban J connectivity index is 0.620. The van der Waals surface area contributed by atoms with E-state index in [4.69, 9.17) is 67.8 Å². The highest BCUT2D eigenvalue weighted by atomic mass is 16.6. The Morgan fingerprint density at radius 1 is 0.744 bits per heavy atom. The minimum Gasteiger partial charge on any atom is -0.508 e. The van der Waals surface area contributed by atoms with Crippen LogP contribution in [0, 0.1) is 35.5 Å². The number of carbonyl (C=O) groups excluding carboxylic acids is 7. The van der Waals surface area contributed by atoms with Crippen LogP contribution in [-0.4, -0.2) is 283 Å². The number of rotatable bonds is 43. The average Bonchev–Trinajstić information content (AvgIpc) is 1.63. The number of nitrogens with two attached hydrogens (primary N) is 1. The summed E-state index contributed by atoms with van der Waals surface area (Å²) in [5, 5.41) is 59.7. The fraction of sp³-hybridized carbons (Fsp3) is 0.670. The molecule has 5 aromatic rings. The zero-order chi connectivity index (χ0) is 92.8. The zero-order valence-corrected chi connectivity index (χ0v) is 77.4. The minimum atomic E-state index is -2.46. The third kappa shape index (κ3) is 31.8. The first-order valence-electron chi connectivity index (χ1n) is 46.0. The number of aliphatic hydroxyl groups excluding tert-OH is 1. The maximum atomic E-state index is 15.0. The number of aryl methyl sites for hydroxylation is 2. The number of aromatic amines is 1. The number of ketones is 3. The molecule has 0 radical (unpaired) electrons. The lowest BCUT2D eigenvalue weighted by atomic mass is 9.77. The second-order valence-electron chi connectivity index (χ2n) is 34.6. The van der Waals surface area contributed by atoms with Gasteiger partial charge < -0.3 is 98.5 Å². The molecule has 1 saturated carbocycles. The van der Waals surface area contributed by atoms with E-state index in [-0.39, 0.29) is 97.9 Å². The first kappa shape index (κ1) is 104. The number of allylic oxidation sites excluding steroid dienone is 6. The first-order valence-corrected chi connectivity index (χ1v) is 46.0. The van der Waals surface area contributed by atoms with Crippen molar-refractivity contribution in [3.63, 3.8) is 0 Å². The number of cyclic esters (lactones) is 1. The third-order valence-electron chi connectivity index (χ3n) is 24.8. The summed E-state index contributed by atoms with van der Waals surface area (Å²) in [6.07, 6.45) is 20.2. The summed E-state index contributed by atoms with van der Waals surface area (Å²) < 4.78 is 68.0. The lowest BCUT2D eigenvalue weighted by Crippen LogP contribution is -2.61. The first-order chi connectivity index (χ1) is 62.2. The Labute approximate surface area is 757 Å². The van der Waals surface area contributed by atoms with Gasteiger partial charge in [-0.25, -0.2) is 24.1 Å². The van der Waals surface area contributed by atoms with Gasteiger partial charge in [-0.05, 0) is 163 Å². The molecule has 15 atom stereocenters. The van der Waals surface area contributed by atoms with Gasteiger partial charge in [-0.1, -0.05) is 81.4 Å². The van der Waals surface area contributed by atoms with Crippen LogP contribution in [0.25, 0.3) is 33.3 Å². The number of aromatic hydroxyl groups is 1. The number of carbonyl (C=O) groups is 7. The topological polar surface area (TPSA) is 447 Å². The highest BCUT2D eigenvalue weighted by Gasteiger charge is 2.53. The number of H-pyrrole nitrogens is 1. The molecule has 35 nitrogen and oxygen atoms in total. The van der Waals surface area contributed by atoms with Crippen molar-refractivity contribution in [2.45, 2.75) is 244 Å². The number of piperidine rings is 1. The Bertz CT molecular complexity index is 4520. The molecule has 1 aliphatic carbocycles. The number of oxime groups is 1. The summed E-state index contributed by atoms with van der Waals surface area (Å²) in [5.41, 5.74) is 11.7. The van der Waals surface area contributed by atoms with Gasteiger partial charge in [-0.3, -0.25) is 28.8 Å². The summed E-state index contributed by atoms with van der Waals surface area (Å²) in [4.78, 5) is 115. The highest BCUT2D eigenvalue weighted by Crippen LogP contribution is 2.41. The van der Waals surface area contributed by atoms with E-state index in [9.17, 15) is 44.1 Å². The molecular weight excluding hydrogens is 1660 g/mol. The van der Waals surface area contributed by atoms with E-state index in [0.717, 1.165) is 47.1 Å². The number of hydrogen-bond donors (Lipinski definition) is 7. The molecule has 35 heteroatoms. The number of fused-ring (bicyclic) bond motifs is 5. The quantitative estimate of drug-likeness (QED) is 0.00627. The number of amides is 3. The normalized spacial score (nSPS) is 26.5. The number of ether oxygens (including phenoxy) is 11. The standard InChI is InChI=1S/C94H141N13O22/c1-61-21-13-12-14-22-62(2)79(118-8)57-73-30-27-67(7)94(117,129-73)89(114)92(115)105-37-17-15-25-78(105)93(116)128-80(58-75(103-121-11)63(3)52-66(6)87(113)88(120-10)86(112)65(5)51-61)64(4)53-68-28-32-77(81(54-68)119-9)107-59-70(101-104-107)23-19-26-82(110)97-36-42-125-46-50-127-48-44-123-40-33-71(108)24-20-39-122-43-47-126-49-45-124-41-34-83(111)96-35-16-18-38-106-91-84(90(95)98-60-99-91)85(102-106)76-56-69-55-72(109)29-31-74(69)100-76/h12-14,21-22,29,31,52,55-56,59-61,63-65,67-68,73,77-81,87-88,100,109,113,117H,15-20,23-28,30,32-51,53-54,57-58H2,1-11H3,(H,96,111)(H,97,110)(H2,95,98,99)/b14-12+,21-13+,62-22+,66-52+,103-75-/t61-,63-,64-,65-,67-,68+,73+,77+,78+,79+,80+,81-,87-,88+,94-/m1/s1. The molecule has 0 spiro atoms. The number of phenols is 1. The maximum Gasteiger partial charge on any atom is 0.329 e. The Hall–Kier alpha value is -9.11. The molecule has 3 amide bonds. The molecule has 129 heavy (non-hydrogen) atoms. The second-order valence-corrected chi connectivity index (χ2v) is 34.6. The van der Waals surface area contributed by atoms with Crippen LogP contribution >= 0.6 is 0 Å². The van der Waals surface area contributed by atoms with Gasteiger partial charge in [0.2, 0.25) is 17.6 Å². The fourth-order valence-electron chi connectivity index (χ4n) is 17.3. The lowest BCUT2D eigenvalue weighted by molar-refractivity contribution is -0.265. The molecule has 714 valence electrons. The van der Waals surface area contributed by atoms with Crippen molar-refractivity contribution in [1.29, 1.82) is 0 Å². The molecule has 4 aromatic heterocycles. The smallest absolute Gasteiger partial charge is 0.329 e. The molecule has 0 unspecified atom stereocenters. The molecule has 8 N–H and O–H groups in total. The van der Waals surface area contributed by atoms with E-state index in [2.05, 4.69) is 41.1 Å². The summed E-state index contributed by atoms with van der Waals surface area (Å²) in [6.45, 7) is 18.7. The molecule has 7 heterocycles. The summed E-state index contributed by atoms with van der Waals surface area (Å²) >= 11 is 0. The van der Waals surface area contributed by atoms with E-state index in [1.54, 1.807) is 57.0 Å². The summed E-state index contributed by atoms with van der Waals surface area (Å²) in [6, 6.07) is 5.71. The SMILES string of the molecule is CO/N=C1/C[C@@H]([C@H](C)C[C@@H]2CC[C@H](n3cc(CCCC(=O)NCCOCCOCCOCCC(=O)CCCOCCOCCOCCC(=O)NCCCCn4nc(-c5cc6cc(O)ccc6[nH]5)c5c(N)ncnc54)nn3)[C@H](OC)C2)OC(=O)[C@@H]2CCCCN2C(=O)C(=O)[C@]2(O)O[C@@H](CC[C@H]2C)C[C@H](OC)/C(C)=C/C=C/C=C/[C@@H](C)C[C@@H](C)C(=O)[C@H](OC)[C@H](O)/C(C)=C/[C@H]1C. The fourth-order valence-corrected chi connectivity index (χ4v) is 17.3. The number of aliphatic hydroxyl groups is 2. The van der Waals surface area contributed by atoms with E-state index in [1.165, 1.54) is 25.4 Å². The Kier molecular flexibility index (Phi) is 43.4. The van der Waals surface area contributed by atoms with Crippen LogP contribution in [0.2, 0.25) is 0 Å². The molecule has 2 saturated heterocycles. The van der Waals surface area contributed by atoms with Crippen molar-refractivity contribution in [3.8, 4) is 17.1 Å². The Morgan fingerprint density at radius 2 is 1.46 bits per heavy atom.